The van der Waals surface area contributed by atoms with Crippen LogP contribution in [0.5, 0.6) is 0 Å². The molecule has 0 aliphatic carbocycles. The fraction of sp³-hybridized carbons (Fsp3) is 0.444. The van der Waals surface area contributed by atoms with Crippen LogP contribution < -0.4 is 10.6 Å². The molecule has 0 bridgehead atoms. The van der Waals surface area contributed by atoms with Crippen molar-refractivity contribution in [1.29, 1.82) is 0 Å². The summed E-state index contributed by atoms with van der Waals surface area (Å²) >= 11 is 0. The lowest BCUT2D eigenvalue weighted by atomic mass is 10.0. The molecule has 1 fully saturated rings. The molecule has 2 N–H and O–H groups in total. The summed E-state index contributed by atoms with van der Waals surface area (Å²) in [6, 6.07) is 15.7. The third kappa shape index (κ3) is 5.32. The first-order valence-corrected chi connectivity index (χ1v) is 12.5. The molecule has 0 spiro atoms. The van der Waals surface area contributed by atoms with Crippen LogP contribution in [0.1, 0.15) is 51.0 Å². The molecule has 35 heavy (non-hydrogen) atoms. The van der Waals surface area contributed by atoms with Crippen LogP contribution in [-0.4, -0.2) is 65.1 Å². The first-order valence-electron chi connectivity index (χ1n) is 12.5. The quantitative estimate of drug-likeness (QED) is 0.488. The number of anilines is 2. The molecule has 1 unspecified atom stereocenters. The lowest BCUT2D eigenvalue weighted by Crippen LogP contribution is -2.51. The van der Waals surface area contributed by atoms with E-state index in [0.717, 1.165) is 43.0 Å². The van der Waals surface area contributed by atoms with E-state index in [2.05, 4.69) is 32.1 Å². The monoisotopic (exact) mass is 476 g/mol. The number of aromatic nitrogens is 2. The SMILES string of the molecule is CCN(CC)C(=O)C(c1ccccc1)N1CCN(c2ccc(-c3nc(C(C)C)no3)cc2N)CC1. The highest BCUT2D eigenvalue weighted by molar-refractivity contribution is 5.83. The van der Waals surface area contributed by atoms with Crippen LogP contribution in [0.25, 0.3) is 11.5 Å². The van der Waals surface area contributed by atoms with Crippen molar-refractivity contribution < 1.29 is 9.32 Å². The summed E-state index contributed by atoms with van der Waals surface area (Å²) in [6.07, 6.45) is 0. The van der Waals surface area contributed by atoms with Crippen molar-refractivity contribution >= 4 is 17.3 Å². The van der Waals surface area contributed by atoms with Gasteiger partial charge in [-0.05, 0) is 37.6 Å². The van der Waals surface area contributed by atoms with Crippen molar-refractivity contribution in [2.24, 2.45) is 0 Å². The molecule has 186 valence electrons. The van der Waals surface area contributed by atoms with Gasteiger partial charge in [-0.1, -0.05) is 49.3 Å². The van der Waals surface area contributed by atoms with E-state index in [4.69, 9.17) is 10.3 Å². The number of likely N-dealkylation sites (N-methyl/N-ethyl adjacent to an activating group) is 1. The normalized spacial score (nSPS) is 15.4. The van der Waals surface area contributed by atoms with E-state index < -0.39 is 0 Å². The molecule has 0 saturated carbocycles. The molecule has 8 nitrogen and oxygen atoms in total. The minimum Gasteiger partial charge on any atom is -0.397 e. The van der Waals surface area contributed by atoms with Crippen molar-refractivity contribution in [1.82, 2.24) is 19.9 Å². The van der Waals surface area contributed by atoms with Gasteiger partial charge in [-0.3, -0.25) is 9.69 Å². The number of rotatable bonds is 8. The molecule has 4 rings (SSSR count). The minimum absolute atomic E-state index is 0.166. The predicted octanol–water partition coefficient (Wildman–Crippen LogP) is 4.17. The molecule has 2 aromatic carbocycles. The number of hydrogen-bond acceptors (Lipinski definition) is 7. The Morgan fingerprint density at radius 1 is 1.06 bits per heavy atom. The van der Waals surface area contributed by atoms with Crippen LogP contribution in [0.15, 0.2) is 53.1 Å². The summed E-state index contributed by atoms with van der Waals surface area (Å²) in [7, 11) is 0. The molecule has 1 aliphatic rings. The Labute approximate surface area is 207 Å². The Kier molecular flexibility index (Phi) is 7.70. The molecular weight excluding hydrogens is 440 g/mol. The summed E-state index contributed by atoms with van der Waals surface area (Å²) in [5.74, 6) is 1.54. The van der Waals surface area contributed by atoms with Gasteiger partial charge in [0, 0.05) is 50.7 Å². The maximum absolute atomic E-state index is 13.5. The maximum atomic E-state index is 13.5. The van der Waals surface area contributed by atoms with Crippen LogP contribution in [0.2, 0.25) is 0 Å². The van der Waals surface area contributed by atoms with Gasteiger partial charge in [0.2, 0.25) is 5.91 Å². The second-order valence-electron chi connectivity index (χ2n) is 9.23. The first-order chi connectivity index (χ1) is 16.9. The number of piperazine rings is 1. The van der Waals surface area contributed by atoms with Gasteiger partial charge < -0.3 is 20.1 Å². The van der Waals surface area contributed by atoms with Crippen molar-refractivity contribution in [3.63, 3.8) is 0 Å². The number of nitrogens with two attached hydrogens (primary N) is 1. The van der Waals surface area contributed by atoms with Crippen LogP contribution in [0.4, 0.5) is 11.4 Å². The molecule has 1 aliphatic heterocycles. The van der Waals surface area contributed by atoms with Crippen LogP contribution in [0.3, 0.4) is 0 Å². The molecule has 3 aromatic rings. The van der Waals surface area contributed by atoms with Crippen molar-refractivity contribution in [2.75, 3.05) is 49.9 Å². The first kappa shape index (κ1) is 24.7. The summed E-state index contributed by atoms with van der Waals surface area (Å²) in [6.45, 7) is 12.7. The topological polar surface area (TPSA) is 91.7 Å². The third-order valence-electron chi connectivity index (χ3n) is 6.68. The molecule has 0 radical (unpaired) electrons. The second-order valence-corrected chi connectivity index (χ2v) is 9.23. The molecule has 2 heterocycles. The highest BCUT2D eigenvalue weighted by Crippen LogP contribution is 2.32. The summed E-state index contributed by atoms with van der Waals surface area (Å²) in [4.78, 5) is 24.4. The standard InChI is InChI=1S/C27H36N6O2/c1-5-31(6-2)27(34)24(20-10-8-7-9-11-20)33-16-14-32(15-17-33)23-13-12-21(18-22(23)28)26-29-25(19(3)4)30-35-26/h7-13,18-19,24H,5-6,14-17,28H2,1-4H3. The average Bonchev–Trinajstić information content (AvgIpc) is 3.37. The van der Waals surface area contributed by atoms with Gasteiger partial charge >= 0.3 is 0 Å². The van der Waals surface area contributed by atoms with Crippen molar-refractivity contribution in [3.05, 3.63) is 59.9 Å². The van der Waals surface area contributed by atoms with Gasteiger partial charge in [0.1, 0.15) is 6.04 Å². The van der Waals surface area contributed by atoms with Gasteiger partial charge in [0.25, 0.3) is 5.89 Å². The Hall–Kier alpha value is -3.39. The summed E-state index contributed by atoms with van der Waals surface area (Å²) in [5.41, 5.74) is 9.99. The maximum Gasteiger partial charge on any atom is 0.258 e. The Morgan fingerprint density at radius 3 is 2.31 bits per heavy atom. The zero-order valence-corrected chi connectivity index (χ0v) is 21.1. The van der Waals surface area contributed by atoms with Crippen LogP contribution >= 0.6 is 0 Å². The fourth-order valence-corrected chi connectivity index (χ4v) is 4.64. The highest BCUT2D eigenvalue weighted by Gasteiger charge is 2.33. The van der Waals surface area contributed by atoms with E-state index in [-0.39, 0.29) is 17.9 Å². The summed E-state index contributed by atoms with van der Waals surface area (Å²) < 4.78 is 5.42. The smallest absolute Gasteiger partial charge is 0.258 e. The number of nitrogens with zero attached hydrogens (tertiary/aromatic N) is 5. The predicted molar refractivity (Wildman–Crippen MR) is 139 cm³/mol. The van der Waals surface area contributed by atoms with Crippen LogP contribution in [-0.2, 0) is 4.79 Å². The van der Waals surface area contributed by atoms with Gasteiger partial charge in [-0.15, -0.1) is 0 Å². The van der Waals surface area contributed by atoms with Crippen molar-refractivity contribution in [2.45, 2.75) is 39.7 Å². The number of carbonyl (C=O) groups excluding carboxylic acids is 1. The number of carbonyl (C=O) groups is 1. The fourth-order valence-electron chi connectivity index (χ4n) is 4.64. The van der Waals surface area contributed by atoms with Crippen molar-refractivity contribution in [3.8, 4) is 11.5 Å². The summed E-state index contributed by atoms with van der Waals surface area (Å²) in [5, 5.41) is 4.05. The number of benzene rings is 2. The minimum atomic E-state index is -0.273. The van der Waals surface area contributed by atoms with Gasteiger partial charge in [-0.2, -0.15) is 4.98 Å². The Balaban J connectivity index is 1.49. The zero-order chi connectivity index (χ0) is 24.9. The largest absolute Gasteiger partial charge is 0.397 e. The van der Waals surface area contributed by atoms with E-state index in [1.165, 1.54) is 0 Å². The zero-order valence-electron chi connectivity index (χ0n) is 21.1. The van der Waals surface area contributed by atoms with E-state index >= 15 is 0 Å². The Bertz CT molecular complexity index is 1120. The van der Waals surface area contributed by atoms with Gasteiger partial charge in [0.05, 0.1) is 11.4 Å². The van der Waals surface area contributed by atoms with Gasteiger partial charge in [-0.25, -0.2) is 0 Å². The lowest BCUT2D eigenvalue weighted by molar-refractivity contribution is -0.137. The lowest BCUT2D eigenvalue weighted by Gasteiger charge is -2.41. The molecule has 1 saturated heterocycles. The highest BCUT2D eigenvalue weighted by atomic mass is 16.5. The molecule has 1 amide bonds. The van der Waals surface area contributed by atoms with Crippen LogP contribution in [0, 0.1) is 0 Å². The third-order valence-corrected chi connectivity index (χ3v) is 6.68. The molecule has 1 aromatic heterocycles. The molecule has 1 atom stereocenters. The number of hydrogen-bond donors (Lipinski definition) is 1. The van der Waals surface area contributed by atoms with E-state index in [1.807, 2.05) is 69.0 Å². The number of amides is 1. The Morgan fingerprint density at radius 2 is 1.74 bits per heavy atom. The average molecular weight is 477 g/mol. The van der Waals surface area contributed by atoms with E-state index in [0.29, 0.717) is 30.5 Å². The van der Waals surface area contributed by atoms with E-state index in [1.54, 1.807) is 0 Å². The van der Waals surface area contributed by atoms with E-state index in [9.17, 15) is 4.79 Å². The molecule has 8 heteroatoms. The molecular formula is C27H36N6O2. The number of nitrogen functional groups attached to an aromatic ring is 1. The van der Waals surface area contributed by atoms with Gasteiger partial charge in [0.15, 0.2) is 5.82 Å². The second kappa shape index (κ2) is 10.9.